The second kappa shape index (κ2) is 4.15. The lowest BCUT2D eigenvalue weighted by molar-refractivity contribution is -0.114. The summed E-state index contributed by atoms with van der Waals surface area (Å²) in [7, 11) is 0. The van der Waals surface area contributed by atoms with Gasteiger partial charge >= 0.3 is 0 Å². The summed E-state index contributed by atoms with van der Waals surface area (Å²) in [6.45, 7) is 5.08. The van der Waals surface area contributed by atoms with E-state index in [9.17, 15) is 4.79 Å². The highest BCUT2D eigenvalue weighted by atomic mass is 16.1. The van der Waals surface area contributed by atoms with Crippen LogP contribution < -0.4 is 11.1 Å². The van der Waals surface area contributed by atoms with Gasteiger partial charge in [-0.25, -0.2) is 9.97 Å². The average molecular weight is 194 g/mol. The average Bonchev–Trinajstić information content (AvgIpc) is 2.01. The molecule has 1 atom stereocenters. The van der Waals surface area contributed by atoms with Crippen LogP contribution in [0.2, 0.25) is 0 Å². The molecule has 76 valence electrons. The topological polar surface area (TPSA) is 80.9 Å². The maximum atomic E-state index is 10.8. The molecule has 5 heteroatoms. The quantitative estimate of drug-likeness (QED) is 0.728. The number of hydrogen-bond acceptors (Lipinski definition) is 4. The number of hydrogen-bond donors (Lipinski definition) is 2. The molecule has 0 aromatic carbocycles. The maximum absolute atomic E-state index is 10.8. The third-order valence-electron chi connectivity index (χ3n) is 1.63. The van der Waals surface area contributed by atoms with Crippen molar-refractivity contribution in [1.29, 1.82) is 0 Å². The maximum Gasteiger partial charge on any atom is 0.229 e. The standard InChI is InChI=1S/C9H14N4O/c1-5-4-8(6(2)10)13-9(11-5)12-7(3)14/h4,6H,10H2,1-3H3,(H,11,12,13,14). The molecule has 0 radical (unpaired) electrons. The minimum Gasteiger partial charge on any atom is -0.323 e. The van der Waals surface area contributed by atoms with E-state index in [-0.39, 0.29) is 11.9 Å². The van der Waals surface area contributed by atoms with Crippen LogP contribution in [-0.4, -0.2) is 15.9 Å². The molecule has 0 saturated carbocycles. The SMILES string of the molecule is CC(=O)Nc1nc(C)cc(C(C)N)n1. The van der Waals surface area contributed by atoms with Crippen molar-refractivity contribution in [2.75, 3.05) is 5.32 Å². The van der Waals surface area contributed by atoms with E-state index in [0.29, 0.717) is 5.95 Å². The monoisotopic (exact) mass is 194 g/mol. The number of anilines is 1. The number of aryl methyl sites for hydroxylation is 1. The van der Waals surface area contributed by atoms with Gasteiger partial charge in [0, 0.05) is 18.7 Å². The first-order chi connectivity index (χ1) is 6.49. The molecule has 0 aliphatic rings. The molecular weight excluding hydrogens is 180 g/mol. The Morgan fingerprint density at radius 3 is 2.71 bits per heavy atom. The van der Waals surface area contributed by atoms with Gasteiger partial charge < -0.3 is 5.73 Å². The van der Waals surface area contributed by atoms with E-state index < -0.39 is 0 Å². The summed E-state index contributed by atoms with van der Waals surface area (Å²) in [4.78, 5) is 18.9. The molecule has 0 bridgehead atoms. The summed E-state index contributed by atoms with van der Waals surface area (Å²) in [5, 5.41) is 2.52. The summed E-state index contributed by atoms with van der Waals surface area (Å²) in [6.07, 6.45) is 0. The fraction of sp³-hybridized carbons (Fsp3) is 0.444. The molecule has 0 spiro atoms. The normalized spacial score (nSPS) is 12.3. The number of carbonyl (C=O) groups is 1. The van der Waals surface area contributed by atoms with Crippen LogP contribution in [0.15, 0.2) is 6.07 Å². The molecule has 3 N–H and O–H groups in total. The van der Waals surface area contributed by atoms with E-state index >= 15 is 0 Å². The molecule has 1 aromatic heterocycles. The van der Waals surface area contributed by atoms with Crippen molar-refractivity contribution in [3.63, 3.8) is 0 Å². The van der Waals surface area contributed by atoms with E-state index in [0.717, 1.165) is 11.4 Å². The van der Waals surface area contributed by atoms with Crippen molar-refractivity contribution in [2.24, 2.45) is 5.73 Å². The largest absolute Gasteiger partial charge is 0.323 e. The number of rotatable bonds is 2. The summed E-state index contributed by atoms with van der Waals surface area (Å²) in [5.74, 6) is 0.121. The molecule has 0 aliphatic carbocycles. The summed E-state index contributed by atoms with van der Waals surface area (Å²) in [5.41, 5.74) is 7.19. The number of nitrogens with zero attached hydrogens (tertiary/aromatic N) is 2. The van der Waals surface area contributed by atoms with Crippen molar-refractivity contribution in [2.45, 2.75) is 26.8 Å². The Kier molecular flexibility index (Phi) is 3.14. The number of amides is 1. The number of carbonyl (C=O) groups excluding carboxylic acids is 1. The highest BCUT2D eigenvalue weighted by Crippen LogP contribution is 2.10. The Labute approximate surface area is 82.7 Å². The van der Waals surface area contributed by atoms with Gasteiger partial charge in [-0.2, -0.15) is 0 Å². The highest BCUT2D eigenvalue weighted by Gasteiger charge is 2.06. The zero-order valence-electron chi connectivity index (χ0n) is 8.53. The molecule has 14 heavy (non-hydrogen) atoms. The molecule has 1 aromatic rings. The van der Waals surface area contributed by atoms with Crippen molar-refractivity contribution < 1.29 is 4.79 Å². The summed E-state index contributed by atoms with van der Waals surface area (Å²) in [6, 6.07) is 1.64. The van der Waals surface area contributed by atoms with Crippen LogP contribution in [0.1, 0.15) is 31.3 Å². The Morgan fingerprint density at radius 2 is 2.21 bits per heavy atom. The van der Waals surface area contributed by atoms with E-state index in [1.54, 1.807) is 6.07 Å². The van der Waals surface area contributed by atoms with E-state index in [1.165, 1.54) is 6.92 Å². The summed E-state index contributed by atoms with van der Waals surface area (Å²) < 4.78 is 0. The van der Waals surface area contributed by atoms with Gasteiger partial charge in [0.1, 0.15) is 0 Å². The van der Waals surface area contributed by atoms with Crippen LogP contribution in [-0.2, 0) is 4.79 Å². The Balaban J connectivity index is 3.01. The van der Waals surface area contributed by atoms with Gasteiger partial charge in [-0.1, -0.05) is 0 Å². The lowest BCUT2D eigenvalue weighted by Crippen LogP contribution is -2.14. The molecule has 1 rings (SSSR count). The number of nitrogens with one attached hydrogen (secondary N) is 1. The molecule has 1 unspecified atom stereocenters. The van der Waals surface area contributed by atoms with Gasteiger partial charge in [0.05, 0.1) is 5.69 Å². The van der Waals surface area contributed by atoms with Crippen LogP contribution in [0, 0.1) is 6.92 Å². The van der Waals surface area contributed by atoms with Crippen molar-refractivity contribution >= 4 is 11.9 Å². The van der Waals surface area contributed by atoms with Gasteiger partial charge in [-0.3, -0.25) is 10.1 Å². The van der Waals surface area contributed by atoms with Crippen molar-refractivity contribution in [3.05, 3.63) is 17.5 Å². The first-order valence-corrected chi connectivity index (χ1v) is 4.38. The van der Waals surface area contributed by atoms with Crippen LogP contribution in [0.3, 0.4) is 0 Å². The summed E-state index contributed by atoms with van der Waals surface area (Å²) >= 11 is 0. The van der Waals surface area contributed by atoms with E-state index in [4.69, 9.17) is 5.73 Å². The van der Waals surface area contributed by atoms with Crippen LogP contribution in [0.4, 0.5) is 5.95 Å². The highest BCUT2D eigenvalue weighted by molar-refractivity contribution is 5.86. The van der Waals surface area contributed by atoms with Gasteiger partial charge in [0.2, 0.25) is 11.9 Å². The van der Waals surface area contributed by atoms with Crippen molar-refractivity contribution in [3.8, 4) is 0 Å². The molecule has 0 aliphatic heterocycles. The van der Waals surface area contributed by atoms with Crippen LogP contribution in [0.5, 0.6) is 0 Å². The first-order valence-electron chi connectivity index (χ1n) is 4.38. The third kappa shape index (κ3) is 2.77. The predicted octanol–water partition coefficient (Wildman–Crippen LogP) is 0.763. The predicted molar refractivity (Wildman–Crippen MR) is 53.7 cm³/mol. The molecule has 1 amide bonds. The molecule has 1 heterocycles. The first kappa shape index (κ1) is 10.6. The minimum absolute atomic E-state index is 0.163. The molecule has 0 fully saturated rings. The fourth-order valence-electron chi connectivity index (χ4n) is 1.04. The number of nitrogens with two attached hydrogens (primary N) is 1. The second-order valence-corrected chi connectivity index (χ2v) is 3.23. The van der Waals surface area contributed by atoms with Gasteiger partial charge in [0.15, 0.2) is 0 Å². The van der Waals surface area contributed by atoms with Gasteiger partial charge in [-0.15, -0.1) is 0 Å². The Bertz CT molecular complexity index is 349. The van der Waals surface area contributed by atoms with Gasteiger partial charge in [-0.05, 0) is 19.9 Å². The Morgan fingerprint density at radius 1 is 1.57 bits per heavy atom. The fourth-order valence-corrected chi connectivity index (χ4v) is 1.04. The second-order valence-electron chi connectivity index (χ2n) is 3.23. The smallest absolute Gasteiger partial charge is 0.229 e. The van der Waals surface area contributed by atoms with Crippen LogP contribution >= 0.6 is 0 Å². The Hall–Kier alpha value is -1.49. The van der Waals surface area contributed by atoms with E-state index in [1.807, 2.05) is 13.8 Å². The molecule has 0 saturated heterocycles. The minimum atomic E-state index is -0.189. The third-order valence-corrected chi connectivity index (χ3v) is 1.63. The van der Waals surface area contributed by atoms with Gasteiger partial charge in [0.25, 0.3) is 0 Å². The lowest BCUT2D eigenvalue weighted by atomic mass is 10.2. The zero-order valence-corrected chi connectivity index (χ0v) is 8.53. The van der Waals surface area contributed by atoms with E-state index in [2.05, 4.69) is 15.3 Å². The van der Waals surface area contributed by atoms with Crippen molar-refractivity contribution in [1.82, 2.24) is 9.97 Å². The zero-order chi connectivity index (χ0) is 10.7. The molecule has 5 nitrogen and oxygen atoms in total. The molecular formula is C9H14N4O. The number of aromatic nitrogens is 2. The van der Waals surface area contributed by atoms with Crippen LogP contribution in [0.25, 0.3) is 0 Å². The lowest BCUT2D eigenvalue weighted by Gasteiger charge is -2.08.